The fourth-order valence-electron chi connectivity index (χ4n) is 4.15. The summed E-state index contributed by atoms with van der Waals surface area (Å²) >= 11 is 0. The van der Waals surface area contributed by atoms with Crippen molar-refractivity contribution in [3.05, 3.63) is 109 Å². The Morgan fingerprint density at radius 2 is 1.22 bits per heavy atom. The molecule has 0 N–H and O–H groups in total. The first kappa shape index (κ1) is 25.5. The third kappa shape index (κ3) is 6.35. The summed E-state index contributed by atoms with van der Waals surface area (Å²) in [6.45, 7) is 9.47. The van der Waals surface area contributed by atoms with Crippen molar-refractivity contribution >= 4 is 0 Å². The molecule has 186 valence electrons. The fraction of sp³-hybridized carbons (Fsp3) is 0.273. The summed E-state index contributed by atoms with van der Waals surface area (Å²) in [5.41, 5.74) is 5.85. The van der Waals surface area contributed by atoms with Crippen LogP contribution >= 0.6 is 0 Å². The van der Waals surface area contributed by atoms with E-state index in [9.17, 15) is 0 Å². The van der Waals surface area contributed by atoms with E-state index in [2.05, 4.69) is 75.4 Å². The van der Waals surface area contributed by atoms with Crippen molar-refractivity contribution in [2.45, 2.75) is 45.8 Å². The standard InChI is InChI=1S/C33H36O3/c1-5-33(3,4)28-19-21-29(22-20-28)36-25(2)34-23-24-35-32-30(26-13-8-6-9-14-26)17-12-18-31(32)27-15-10-7-11-16-27/h6-22,25H,5,23-24H2,1-4H3. The highest BCUT2D eigenvalue weighted by Gasteiger charge is 2.18. The van der Waals surface area contributed by atoms with Crippen molar-refractivity contribution in [2.75, 3.05) is 13.2 Å². The molecule has 4 rings (SSSR count). The van der Waals surface area contributed by atoms with Gasteiger partial charge in [-0.25, -0.2) is 0 Å². The third-order valence-corrected chi connectivity index (χ3v) is 6.69. The molecule has 1 unspecified atom stereocenters. The summed E-state index contributed by atoms with van der Waals surface area (Å²) < 4.78 is 18.3. The molecule has 0 bridgehead atoms. The zero-order valence-electron chi connectivity index (χ0n) is 21.7. The molecule has 36 heavy (non-hydrogen) atoms. The average Bonchev–Trinajstić information content (AvgIpc) is 2.92. The molecule has 0 aliphatic rings. The van der Waals surface area contributed by atoms with Crippen LogP contribution in [0.2, 0.25) is 0 Å². The molecule has 3 nitrogen and oxygen atoms in total. The molecular weight excluding hydrogens is 444 g/mol. The molecule has 0 heterocycles. The Labute approximate surface area is 215 Å². The first-order chi connectivity index (χ1) is 17.5. The quantitative estimate of drug-likeness (QED) is 0.159. The van der Waals surface area contributed by atoms with E-state index in [-0.39, 0.29) is 11.7 Å². The van der Waals surface area contributed by atoms with Crippen molar-refractivity contribution in [3.63, 3.8) is 0 Å². The molecule has 0 radical (unpaired) electrons. The Morgan fingerprint density at radius 3 is 1.75 bits per heavy atom. The average molecular weight is 481 g/mol. The zero-order valence-corrected chi connectivity index (χ0v) is 21.7. The molecule has 4 aromatic carbocycles. The summed E-state index contributed by atoms with van der Waals surface area (Å²) in [5.74, 6) is 1.67. The predicted octanol–water partition coefficient (Wildman–Crippen LogP) is 8.53. The number of benzene rings is 4. The van der Waals surface area contributed by atoms with Gasteiger partial charge in [-0.15, -0.1) is 0 Å². The van der Waals surface area contributed by atoms with Gasteiger partial charge in [-0.3, -0.25) is 0 Å². The van der Waals surface area contributed by atoms with E-state index < -0.39 is 0 Å². The van der Waals surface area contributed by atoms with Crippen LogP contribution in [-0.4, -0.2) is 19.5 Å². The fourth-order valence-corrected chi connectivity index (χ4v) is 4.15. The van der Waals surface area contributed by atoms with Crippen LogP contribution in [0.5, 0.6) is 11.5 Å². The van der Waals surface area contributed by atoms with Crippen molar-refractivity contribution in [1.82, 2.24) is 0 Å². The molecule has 0 amide bonds. The number of rotatable bonds is 11. The van der Waals surface area contributed by atoms with E-state index in [0.29, 0.717) is 13.2 Å². The third-order valence-electron chi connectivity index (χ3n) is 6.69. The molecule has 4 aromatic rings. The number of hydrogen-bond acceptors (Lipinski definition) is 3. The molecule has 3 heteroatoms. The Hall–Kier alpha value is -3.56. The summed E-state index contributed by atoms with van der Waals surface area (Å²) in [4.78, 5) is 0. The Kier molecular flexibility index (Phi) is 8.45. The smallest absolute Gasteiger partial charge is 0.197 e. The van der Waals surface area contributed by atoms with Crippen LogP contribution in [-0.2, 0) is 10.2 Å². The van der Waals surface area contributed by atoms with Crippen LogP contribution in [0.3, 0.4) is 0 Å². The second kappa shape index (κ2) is 11.9. The van der Waals surface area contributed by atoms with E-state index >= 15 is 0 Å². The van der Waals surface area contributed by atoms with Crippen LogP contribution in [0.1, 0.15) is 39.7 Å². The molecule has 0 spiro atoms. The van der Waals surface area contributed by atoms with Crippen LogP contribution in [0.25, 0.3) is 22.3 Å². The maximum Gasteiger partial charge on any atom is 0.197 e. The van der Waals surface area contributed by atoms with Crippen molar-refractivity contribution in [2.24, 2.45) is 0 Å². The van der Waals surface area contributed by atoms with Gasteiger partial charge in [0, 0.05) is 11.1 Å². The molecule has 1 atom stereocenters. The molecule has 0 aliphatic carbocycles. The van der Waals surface area contributed by atoms with Gasteiger partial charge in [0.1, 0.15) is 18.1 Å². The van der Waals surface area contributed by atoms with Gasteiger partial charge in [0.05, 0.1) is 6.61 Å². The summed E-state index contributed by atoms with van der Waals surface area (Å²) in [7, 11) is 0. The Balaban J connectivity index is 1.40. The molecule has 0 aliphatic heterocycles. The summed E-state index contributed by atoms with van der Waals surface area (Å²) in [6, 6.07) is 35.3. The monoisotopic (exact) mass is 480 g/mol. The second-order valence-electron chi connectivity index (χ2n) is 9.58. The lowest BCUT2D eigenvalue weighted by Gasteiger charge is -2.24. The van der Waals surface area contributed by atoms with Crippen LogP contribution in [0.15, 0.2) is 103 Å². The van der Waals surface area contributed by atoms with E-state index in [4.69, 9.17) is 14.2 Å². The Bertz CT molecular complexity index is 1160. The minimum Gasteiger partial charge on any atom is -0.490 e. The van der Waals surface area contributed by atoms with Gasteiger partial charge < -0.3 is 14.2 Å². The largest absolute Gasteiger partial charge is 0.490 e. The molecule has 0 saturated heterocycles. The van der Waals surface area contributed by atoms with E-state index in [1.807, 2.05) is 55.5 Å². The highest BCUT2D eigenvalue weighted by Crippen LogP contribution is 2.39. The highest BCUT2D eigenvalue weighted by atomic mass is 16.7. The lowest BCUT2D eigenvalue weighted by Crippen LogP contribution is -2.20. The maximum absolute atomic E-state index is 6.36. The van der Waals surface area contributed by atoms with Gasteiger partial charge in [-0.05, 0) is 47.6 Å². The number of ether oxygens (including phenoxy) is 3. The second-order valence-corrected chi connectivity index (χ2v) is 9.58. The number of para-hydroxylation sites is 1. The van der Waals surface area contributed by atoms with Crippen LogP contribution in [0, 0.1) is 0 Å². The van der Waals surface area contributed by atoms with Crippen molar-refractivity contribution in [3.8, 4) is 33.8 Å². The van der Waals surface area contributed by atoms with Crippen molar-refractivity contribution in [1.29, 1.82) is 0 Å². The van der Waals surface area contributed by atoms with E-state index in [1.165, 1.54) is 5.56 Å². The normalized spacial score (nSPS) is 12.2. The van der Waals surface area contributed by atoms with Crippen LogP contribution < -0.4 is 9.47 Å². The molecular formula is C33H36O3. The summed E-state index contributed by atoms with van der Waals surface area (Å²) in [5, 5.41) is 0. The minimum atomic E-state index is -0.378. The van der Waals surface area contributed by atoms with Gasteiger partial charge >= 0.3 is 0 Å². The SMILES string of the molecule is CCC(C)(C)c1ccc(OC(C)OCCOc2c(-c3ccccc3)cccc2-c2ccccc2)cc1. The predicted molar refractivity (Wildman–Crippen MR) is 149 cm³/mol. The molecule has 0 aromatic heterocycles. The minimum absolute atomic E-state index is 0.159. The van der Waals surface area contributed by atoms with Gasteiger partial charge in [-0.2, -0.15) is 0 Å². The Morgan fingerprint density at radius 1 is 0.667 bits per heavy atom. The van der Waals surface area contributed by atoms with Gasteiger partial charge in [-0.1, -0.05) is 112 Å². The zero-order chi connectivity index (χ0) is 25.4. The molecule has 0 fully saturated rings. The first-order valence-electron chi connectivity index (χ1n) is 12.7. The summed E-state index contributed by atoms with van der Waals surface area (Å²) in [6.07, 6.45) is 0.711. The van der Waals surface area contributed by atoms with E-state index in [0.717, 1.165) is 40.2 Å². The van der Waals surface area contributed by atoms with Gasteiger partial charge in [0.15, 0.2) is 6.29 Å². The lowest BCUT2D eigenvalue weighted by atomic mass is 9.82. The lowest BCUT2D eigenvalue weighted by molar-refractivity contribution is -0.0738. The number of hydrogen-bond donors (Lipinski definition) is 0. The van der Waals surface area contributed by atoms with Gasteiger partial charge in [0.25, 0.3) is 0 Å². The van der Waals surface area contributed by atoms with Crippen LogP contribution in [0.4, 0.5) is 0 Å². The molecule has 0 saturated carbocycles. The van der Waals surface area contributed by atoms with E-state index in [1.54, 1.807) is 0 Å². The first-order valence-corrected chi connectivity index (χ1v) is 12.7. The highest BCUT2D eigenvalue weighted by molar-refractivity contribution is 5.82. The van der Waals surface area contributed by atoms with Crippen molar-refractivity contribution < 1.29 is 14.2 Å². The maximum atomic E-state index is 6.36. The van der Waals surface area contributed by atoms with Gasteiger partial charge in [0.2, 0.25) is 0 Å². The topological polar surface area (TPSA) is 27.7 Å².